The molecule has 0 radical (unpaired) electrons. The highest BCUT2D eigenvalue weighted by atomic mass is 32.2. The van der Waals surface area contributed by atoms with Crippen LogP contribution in [-0.4, -0.2) is 29.2 Å². The topological polar surface area (TPSA) is 108 Å². The third kappa shape index (κ3) is 2.70. The third-order valence-electron chi connectivity index (χ3n) is 3.94. The van der Waals surface area contributed by atoms with Gasteiger partial charge >= 0.3 is 0 Å². The van der Waals surface area contributed by atoms with Gasteiger partial charge in [0.25, 0.3) is 0 Å². The first kappa shape index (κ1) is 15.5. The Hall–Kier alpha value is -3.00. The second-order valence-electron chi connectivity index (χ2n) is 5.60. The van der Waals surface area contributed by atoms with Crippen molar-refractivity contribution in [1.82, 2.24) is 9.97 Å². The summed E-state index contributed by atoms with van der Waals surface area (Å²) in [5.41, 5.74) is 2.73. The maximum Gasteiger partial charge on any atom is 0.233 e. The quantitative estimate of drug-likeness (QED) is 0.518. The highest BCUT2D eigenvalue weighted by molar-refractivity contribution is 7.92. The number of benzene rings is 2. The van der Waals surface area contributed by atoms with Gasteiger partial charge in [0.2, 0.25) is 21.8 Å². The molecule has 0 spiro atoms. The number of anilines is 1. The molecule has 0 amide bonds. The van der Waals surface area contributed by atoms with E-state index in [4.69, 9.17) is 4.42 Å². The Morgan fingerprint density at radius 2 is 2.04 bits per heavy atom. The molecular weight excluding hydrogens is 342 g/mol. The maximum absolute atomic E-state index is 11.8. The molecule has 0 aliphatic carbocycles. The number of sulfonamides is 1. The molecule has 8 heteroatoms. The number of hydrogen-bond acceptors (Lipinski definition) is 5. The van der Waals surface area contributed by atoms with Gasteiger partial charge in [0, 0.05) is 16.6 Å². The van der Waals surface area contributed by atoms with Crippen LogP contribution in [0.25, 0.3) is 33.5 Å². The average molecular weight is 357 g/mol. The van der Waals surface area contributed by atoms with E-state index in [0.717, 1.165) is 0 Å². The molecule has 0 saturated heterocycles. The highest BCUT2D eigenvalue weighted by Crippen LogP contribution is 2.38. The molecule has 0 bridgehead atoms. The van der Waals surface area contributed by atoms with Crippen molar-refractivity contribution in [2.45, 2.75) is 6.92 Å². The summed E-state index contributed by atoms with van der Waals surface area (Å²) in [5, 5.41) is 10.9. The predicted molar refractivity (Wildman–Crippen MR) is 96.1 cm³/mol. The second kappa shape index (κ2) is 5.52. The van der Waals surface area contributed by atoms with Crippen molar-refractivity contribution in [1.29, 1.82) is 0 Å². The molecule has 4 aromatic rings. The first-order valence-electron chi connectivity index (χ1n) is 7.68. The van der Waals surface area contributed by atoms with Crippen LogP contribution < -0.4 is 4.72 Å². The van der Waals surface area contributed by atoms with Crippen molar-refractivity contribution in [2.75, 3.05) is 10.5 Å². The molecule has 2 aromatic carbocycles. The fourth-order valence-corrected chi connectivity index (χ4v) is 3.32. The Kier molecular flexibility index (Phi) is 3.43. The third-order valence-corrected chi connectivity index (χ3v) is 5.25. The lowest BCUT2D eigenvalue weighted by Crippen LogP contribution is -2.14. The predicted octanol–water partition coefficient (Wildman–Crippen LogP) is 3.44. The van der Waals surface area contributed by atoms with Crippen molar-refractivity contribution in [3.05, 3.63) is 42.5 Å². The van der Waals surface area contributed by atoms with Crippen LogP contribution in [0.2, 0.25) is 0 Å². The van der Waals surface area contributed by atoms with Crippen LogP contribution in [-0.2, 0) is 10.0 Å². The highest BCUT2D eigenvalue weighted by Gasteiger charge is 2.19. The molecule has 0 aliphatic rings. The summed E-state index contributed by atoms with van der Waals surface area (Å²) >= 11 is 0. The first-order chi connectivity index (χ1) is 12.0. The molecule has 2 aromatic heterocycles. The van der Waals surface area contributed by atoms with Gasteiger partial charge < -0.3 is 14.5 Å². The second-order valence-corrected chi connectivity index (χ2v) is 7.61. The normalized spacial score (nSPS) is 12.0. The van der Waals surface area contributed by atoms with Gasteiger partial charge in [-0.1, -0.05) is 12.1 Å². The van der Waals surface area contributed by atoms with Gasteiger partial charge in [0.15, 0.2) is 5.58 Å². The van der Waals surface area contributed by atoms with E-state index in [9.17, 15) is 13.5 Å². The van der Waals surface area contributed by atoms with Crippen LogP contribution in [0.3, 0.4) is 0 Å². The molecule has 4 rings (SSSR count). The van der Waals surface area contributed by atoms with Crippen molar-refractivity contribution in [3.8, 4) is 17.3 Å². The maximum atomic E-state index is 11.8. The Morgan fingerprint density at radius 1 is 1.24 bits per heavy atom. The number of aromatic nitrogens is 2. The zero-order valence-electron chi connectivity index (χ0n) is 13.3. The summed E-state index contributed by atoms with van der Waals surface area (Å²) in [5.74, 6) is 0.152. The van der Waals surface area contributed by atoms with E-state index >= 15 is 0 Å². The lowest BCUT2D eigenvalue weighted by molar-refractivity contribution is 0.457. The summed E-state index contributed by atoms with van der Waals surface area (Å²) < 4.78 is 31.8. The van der Waals surface area contributed by atoms with Gasteiger partial charge in [-0.05, 0) is 37.3 Å². The largest absolute Gasteiger partial charge is 0.494 e. The zero-order chi connectivity index (χ0) is 17.6. The van der Waals surface area contributed by atoms with Gasteiger partial charge in [-0.15, -0.1) is 0 Å². The van der Waals surface area contributed by atoms with Crippen molar-refractivity contribution in [3.63, 3.8) is 0 Å². The molecule has 3 N–H and O–H groups in total. The molecule has 0 aliphatic heterocycles. The number of oxazole rings is 1. The monoisotopic (exact) mass is 357 g/mol. The van der Waals surface area contributed by atoms with E-state index in [1.807, 2.05) is 18.2 Å². The summed E-state index contributed by atoms with van der Waals surface area (Å²) in [7, 11) is -3.39. The minimum absolute atomic E-state index is 0.0264. The van der Waals surface area contributed by atoms with E-state index in [1.165, 1.54) is 0 Å². The van der Waals surface area contributed by atoms with Gasteiger partial charge in [0.05, 0.1) is 5.75 Å². The van der Waals surface area contributed by atoms with Crippen LogP contribution in [0, 0.1) is 0 Å². The number of nitrogens with zero attached hydrogens (tertiary/aromatic N) is 1. The van der Waals surface area contributed by atoms with E-state index in [1.54, 1.807) is 31.2 Å². The summed E-state index contributed by atoms with van der Waals surface area (Å²) in [6, 6.07) is 12.2. The van der Waals surface area contributed by atoms with Crippen molar-refractivity contribution in [2.24, 2.45) is 0 Å². The fraction of sp³-hybridized carbons (Fsp3) is 0.118. The number of hydrogen-bond donors (Lipinski definition) is 3. The molecule has 0 fully saturated rings. The minimum atomic E-state index is -3.39. The number of aromatic amines is 1. The van der Waals surface area contributed by atoms with Crippen molar-refractivity contribution < 1.29 is 17.9 Å². The smallest absolute Gasteiger partial charge is 0.233 e. The van der Waals surface area contributed by atoms with E-state index in [-0.39, 0.29) is 17.5 Å². The molecule has 0 unspecified atom stereocenters. The van der Waals surface area contributed by atoms with Gasteiger partial charge in [0.1, 0.15) is 11.1 Å². The Morgan fingerprint density at radius 3 is 2.80 bits per heavy atom. The summed E-state index contributed by atoms with van der Waals surface area (Å²) in [6.07, 6.45) is 0. The Labute approximate surface area is 143 Å². The molecule has 7 nitrogen and oxygen atoms in total. The lowest BCUT2D eigenvalue weighted by atomic mass is 10.1. The van der Waals surface area contributed by atoms with Crippen LogP contribution in [0.4, 0.5) is 5.69 Å². The number of aromatic hydroxyl groups is 1. The van der Waals surface area contributed by atoms with E-state index in [0.29, 0.717) is 33.3 Å². The minimum Gasteiger partial charge on any atom is -0.494 e. The number of H-pyrrole nitrogens is 1. The lowest BCUT2D eigenvalue weighted by Gasteiger charge is -2.06. The summed E-state index contributed by atoms with van der Waals surface area (Å²) in [6.45, 7) is 1.56. The number of nitrogens with one attached hydrogen (secondary N) is 2. The van der Waals surface area contributed by atoms with Gasteiger partial charge in [-0.2, -0.15) is 0 Å². The number of para-hydroxylation sites is 2. The molecule has 2 heterocycles. The van der Waals surface area contributed by atoms with Crippen LogP contribution in [0.5, 0.6) is 5.88 Å². The average Bonchev–Trinajstić information content (AvgIpc) is 3.13. The van der Waals surface area contributed by atoms with E-state index < -0.39 is 10.0 Å². The zero-order valence-corrected chi connectivity index (χ0v) is 14.1. The van der Waals surface area contributed by atoms with Crippen LogP contribution in [0.1, 0.15) is 6.92 Å². The Bertz CT molecular complexity index is 1160. The van der Waals surface area contributed by atoms with Crippen molar-refractivity contribution >= 4 is 37.7 Å². The summed E-state index contributed by atoms with van der Waals surface area (Å²) in [4.78, 5) is 7.25. The molecule has 0 saturated carbocycles. The van der Waals surface area contributed by atoms with Gasteiger partial charge in [-0.25, -0.2) is 13.4 Å². The fourth-order valence-electron chi connectivity index (χ4n) is 2.69. The van der Waals surface area contributed by atoms with E-state index in [2.05, 4.69) is 14.7 Å². The first-order valence-corrected chi connectivity index (χ1v) is 9.33. The SMILES string of the molecule is CCS(=O)(=O)Nc1ccc2[nH]c(O)c(-c3nc4ccccc4o3)c2c1. The van der Waals surface area contributed by atoms with Gasteiger partial charge in [-0.3, -0.25) is 4.72 Å². The van der Waals surface area contributed by atoms with Crippen LogP contribution >= 0.6 is 0 Å². The molecule has 128 valence electrons. The molecular formula is C17H15N3O4S. The standard InChI is InChI=1S/C17H15N3O4S/c1-2-25(22,23)20-10-7-8-12-11(9-10)15(16(21)18-12)17-19-13-5-3-4-6-14(13)24-17/h3-9,18,20-21H,2H2,1H3. The Balaban J connectivity index is 1.89. The number of rotatable bonds is 4. The molecule has 25 heavy (non-hydrogen) atoms. The number of fused-ring (bicyclic) bond motifs is 2. The van der Waals surface area contributed by atoms with Crippen LogP contribution in [0.15, 0.2) is 46.9 Å². The molecule has 0 atom stereocenters.